The molecule has 0 rings (SSSR count). The van der Waals surface area contributed by atoms with Gasteiger partial charge in [0.25, 0.3) is 0 Å². The van der Waals surface area contributed by atoms with E-state index < -0.39 is 0 Å². The second-order valence-corrected chi connectivity index (χ2v) is 0.762. The first-order valence-electron chi connectivity index (χ1n) is 0.686. The molecule has 0 saturated carbocycles. The summed E-state index contributed by atoms with van der Waals surface area (Å²) >= 11 is 1.03. The van der Waals surface area contributed by atoms with Crippen LogP contribution in [-0.4, -0.2) is 23.2 Å². The van der Waals surface area contributed by atoms with Crippen molar-refractivity contribution in [1.82, 2.24) is 0 Å². The Morgan fingerprint density at radius 2 is 2.25 bits per heavy atom. The molecule has 0 bridgehead atoms. The molecule has 0 saturated heterocycles. The van der Waals surface area contributed by atoms with Crippen LogP contribution in [0.4, 0.5) is 0 Å². The van der Waals surface area contributed by atoms with Gasteiger partial charge in [-0.15, -0.1) is 0 Å². The molecule has 0 heterocycles. The Kier molecular flexibility index (Phi) is 2.89. The fourth-order valence-electron chi connectivity index (χ4n) is 0. The van der Waals surface area contributed by atoms with Gasteiger partial charge in [-0.05, 0) is 0 Å². The summed E-state index contributed by atoms with van der Waals surface area (Å²) in [7, 11) is 0. The summed E-state index contributed by atoms with van der Waals surface area (Å²) in [6.07, 6.45) is 1.33. The van der Waals surface area contributed by atoms with E-state index in [9.17, 15) is 0 Å². The van der Waals surface area contributed by atoms with Crippen molar-refractivity contribution in [3.8, 4) is 0 Å². The van der Waals surface area contributed by atoms with E-state index >= 15 is 0 Å². The van der Waals surface area contributed by atoms with E-state index in [1.807, 2.05) is 0 Å². The standard InChI is InChI=1S/CH2AsNO/c2-3-1-4/h2H2. The first-order valence-corrected chi connectivity index (χ1v) is 1.77. The average Bonchev–Trinajstić information content (AvgIpc) is 1.37. The van der Waals surface area contributed by atoms with Crippen LogP contribution in [0.5, 0.6) is 0 Å². The quantitative estimate of drug-likeness (QED) is 0.225. The van der Waals surface area contributed by atoms with Gasteiger partial charge >= 0.3 is 31.9 Å². The topological polar surface area (TPSA) is 29.4 Å². The Labute approximate surface area is 32.6 Å². The van der Waals surface area contributed by atoms with Crippen LogP contribution in [-0.2, 0) is 4.79 Å². The van der Waals surface area contributed by atoms with Gasteiger partial charge in [0.05, 0.1) is 0 Å². The van der Waals surface area contributed by atoms with Gasteiger partial charge in [0.1, 0.15) is 0 Å². The summed E-state index contributed by atoms with van der Waals surface area (Å²) in [5.74, 6) is 0. The molecule has 0 aliphatic heterocycles. The molecule has 1 atom stereocenters. The zero-order valence-electron chi connectivity index (χ0n) is 1.93. The van der Waals surface area contributed by atoms with Crippen molar-refractivity contribution < 1.29 is 4.79 Å². The van der Waals surface area contributed by atoms with E-state index in [2.05, 4.69) is 3.91 Å². The van der Waals surface area contributed by atoms with Gasteiger partial charge < -0.3 is 0 Å². The number of hydrogen-bond donors (Lipinski definition) is 0. The summed E-state index contributed by atoms with van der Waals surface area (Å²) in [5.41, 5.74) is 0. The van der Waals surface area contributed by atoms with E-state index in [-0.39, 0.29) is 0 Å². The van der Waals surface area contributed by atoms with Gasteiger partial charge in [0.15, 0.2) is 0 Å². The molecule has 0 N–H and O–H groups in total. The number of carbonyl (C=O) groups excluding carboxylic acids is 1. The second-order valence-electron chi connectivity index (χ2n) is 0.220. The third kappa shape index (κ3) is 1.94. The Hall–Kier alpha value is -0.0616. The van der Waals surface area contributed by atoms with Gasteiger partial charge in [-0.1, -0.05) is 0 Å². The van der Waals surface area contributed by atoms with Crippen LogP contribution < -0.4 is 0 Å². The fraction of sp³-hybridized carbons (Fsp3) is 0. The summed E-state index contributed by atoms with van der Waals surface area (Å²) in [4.78, 5) is 8.90. The first-order chi connectivity index (χ1) is 1.91. The van der Waals surface area contributed by atoms with E-state index in [0.29, 0.717) is 0 Å². The molecule has 0 radical (unpaired) electrons. The molecule has 1 unspecified atom stereocenters. The van der Waals surface area contributed by atoms with Gasteiger partial charge in [0, 0.05) is 0 Å². The molecular formula is CH2AsNO. The monoisotopic (exact) mass is 119 g/mol. The Bertz CT molecular complexity index is 46.0. The van der Waals surface area contributed by atoms with Gasteiger partial charge in [0.2, 0.25) is 0 Å². The third-order valence-corrected chi connectivity index (χ3v) is 0.274. The van der Waals surface area contributed by atoms with Crippen molar-refractivity contribution >= 4 is 23.2 Å². The third-order valence-electron chi connectivity index (χ3n) is 0.0527. The molecule has 0 aromatic rings. The van der Waals surface area contributed by atoms with E-state index in [0.717, 1.165) is 17.1 Å². The normalized spacial score (nSPS) is 4.25. The van der Waals surface area contributed by atoms with Crippen LogP contribution in [0.25, 0.3) is 0 Å². The van der Waals surface area contributed by atoms with Crippen molar-refractivity contribution in [2.75, 3.05) is 0 Å². The number of hydrogen-bond acceptors (Lipinski definition) is 2. The minimum absolute atomic E-state index is 1.03. The molecule has 22 valence electrons. The van der Waals surface area contributed by atoms with Crippen molar-refractivity contribution in [2.45, 2.75) is 0 Å². The summed E-state index contributed by atoms with van der Waals surface area (Å²) in [6, 6.07) is 0. The molecule has 0 fully saturated rings. The molecule has 0 aliphatic rings. The Morgan fingerprint density at radius 3 is 2.25 bits per heavy atom. The predicted octanol–water partition coefficient (Wildman–Crippen LogP) is -1.13. The van der Waals surface area contributed by atoms with Crippen LogP contribution in [0, 0.1) is 0 Å². The molecule has 3 heteroatoms. The molecule has 0 aliphatic carbocycles. The van der Waals surface area contributed by atoms with E-state index in [1.54, 1.807) is 0 Å². The SMILES string of the molecule is O=C=N[AsH2]. The first kappa shape index (κ1) is 3.94. The van der Waals surface area contributed by atoms with Crippen LogP contribution in [0.2, 0.25) is 0 Å². The fourth-order valence-corrected chi connectivity index (χ4v) is 0. The molecule has 0 aromatic heterocycles. The number of rotatable bonds is 0. The zero-order valence-corrected chi connectivity index (χ0v) is 4.36. The Morgan fingerprint density at radius 1 is 2.00 bits per heavy atom. The van der Waals surface area contributed by atoms with Crippen LogP contribution >= 0.6 is 0 Å². The predicted molar refractivity (Wildman–Crippen MR) is 16.7 cm³/mol. The van der Waals surface area contributed by atoms with Gasteiger partial charge in [-0.25, -0.2) is 0 Å². The average molecular weight is 119 g/mol. The maximum absolute atomic E-state index is 8.90. The molecule has 0 aromatic carbocycles. The Balaban J connectivity index is 3.11. The maximum atomic E-state index is 8.90. The number of isocyanates is 1. The van der Waals surface area contributed by atoms with Crippen LogP contribution in [0.15, 0.2) is 3.91 Å². The van der Waals surface area contributed by atoms with E-state index in [1.165, 1.54) is 6.08 Å². The minimum atomic E-state index is 1.03. The molecule has 4 heavy (non-hydrogen) atoms. The van der Waals surface area contributed by atoms with Gasteiger partial charge in [-0.2, -0.15) is 0 Å². The zero-order chi connectivity index (χ0) is 3.41. The van der Waals surface area contributed by atoms with E-state index in [4.69, 9.17) is 4.79 Å². The van der Waals surface area contributed by atoms with Gasteiger partial charge in [-0.3, -0.25) is 0 Å². The molecule has 0 spiro atoms. The summed E-state index contributed by atoms with van der Waals surface area (Å²) < 4.78 is 2.99. The van der Waals surface area contributed by atoms with Crippen molar-refractivity contribution in [3.05, 3.63) is 0 Å². The van der Waals surface area contributed by atoms with Crippen LogP contribution in [0.3, 0.4) is 0 Å². The molecule has 2 nitrogen and oxygen atoms in total. The number of nitrogens with zero attached hydrogens (tertiary/aromatic N) is 1. The molecule has 0 amide bonds. The van der Waals surface area contributed by atoms with Crippen molar-refractivity contribution in [3.63, 3.8) is 0 Å². The van der Waals surface area contributed by atoms with Crippen LogP contribution in [0.1, 0.15) is 0 Å². The summed E-state index contributed by atoms with van der Waals surface area (Å²) in [5, 5.41) is 0. The summed E-state index contributed by atoms with van der Waals surface area (Å²) in [6.45, 7) is 0. The van der Waals surface area contributed by atoms with Crippen molar-refractivity contribution in [1.29, 1.82) is 0 Å². The molecular weight excluding hydrogens is 117 g/mol. The second kappa shape index (κ2) is 2.94. The van der Waals surface area contributed by atoms with Crippen molar-refractivity contribution in [2.24, 2.45) is 3.91 Å².